The Balaban J connectivity index is 1.49. The van der Waals surface area contributed by atoms with E-state index >= 15 is 0 Å². The zero-order chi connectivity index (χ0) is 21.8. The normalized spacial score (nSPS) is 11.9. The number of hydrogen-bond donors (Lipinski definition) is 3. The minimum atomic E-state index is -1.12. The van der Waals surface area contributed by atoms with E-state index in [1.807, 2.05) is 18.2 Å². The van der Waals surface area contributed by atoms with Crippen LogP contribution in [0.1, 0.15) is 10.4 Å². The molecule has 0 saturated heterocycles. The van der Waals surface area contributed by atoms with Gasteiger partial charge in [-0.1, -0.05) is 23.7 Å². The fraction of sp³-hybridized carbons (Fsp3) is 0.0909. The molecule has 2 aromatic heterocycles. The maximum atomic E-state index is 12.7. The average molecular weight is 453 g/mol. The van der Waals surface area contributed by atoms with Crippen LogP contribution in [0.15, 0.2) is 71.9 Å². The van der Waals surface area contributed by atoms with Crippen molar-refractivity contribution in [2.75, 3.05) is 5.75 Å². The van der Waals surface area contributed by atoms with Crippen molar-refractivity contribution >= 4 is 46.3 Å². The SMILES string of the molecule is O=C(NC(CSc1ccccc1Cl)C(=O)O)c1ccc2nc(-c3ccncc3)[nH]c2c1. The van der Waals surface area contributed by atoms with Gasteiger partial charge in [-0.3, -0.25) is 9.78 Å². The predicted molar refractivity (Wildman–Crippen MR) is 120 cm³/mol. The number of H-pyrrole nitrogens is 1. The number of amides is 1. The highest BCUT2D eigenvalue weighted by Gasteiger charge is 2.22. The van der Waals surface area contributed by atoms with E-state index in [9.17, 15) is 14.7 Å². The molecule has 3 N–H and O–H groups in total. The van der Waals surface area contributed by atoms with E-state index in [0.717, 1.165) is 10.5 Å². The van der Waals surface area contributed by atoms with Crippen LogP contribution in [-0.4, -0.2) is 43.7 Å². The molecule has 0 spiro atoms. The molecule has 0 aliphatic rings. The van der Waals surface area contributed by atoms with Gasteiger partial charge in [-0.15, -0.1) is 11.8 Å². The monoisotopic (exact) mass is 452 g/mol. The van der Waals surface area contributed by atoms with E-state index in [-0.39, 0.29) is 5.75 Å². The molecule has 0 saturated carbocycles. The Bertz CT molecular complexity index is 1250. The smallest absolute Gasteiger partial charge is 0.327 e. The quantitative estimate of drug-likeness (QED) is 0.362. The summed E-state index contributed by atoms with van der Waals surface area (Å²) >= 11 is 7.40. The number of thioether (sulfide) groups is 1. The van der Waals surface area contributed by atoms with Crippen LogP contribution in [0.25, 0.3) is 22.4 Å². The van der Waals surface area contributed by atoms with E-state index in [0.29, 0.717) is 27.4 Å². The van der Waals surface area contributed by atoms with Gasteiger partial charge in [-0.05, 0) is 42.5 Å². The molecule has 2 heterocycles. The molecule has 0 radical (unpaired) electrons. The maximum absolute atomic E-state index is 12.7. The third-order valence-corrected chi connectivity index (χ3v) is 6.15. The second kappa shape index (κ2) is 9.20. The standard InChI is InChI=1S/C22H17ClN4O3S/c23-15-3-1-2-4-19(15)31-12-18(22(29)30)27-21(28)14-5-6-16-17(11-14)26-20(25-16)13-7-9-24-10-8-13/h1-11,18H,12H2,(H,25,26)(H,27,28)(H,29,30). The molecule has 2 aromatic carbocycles. The Morgan fingerprint density at radius 3 is 2.65 bits per heavy atom. The lowest BCUT2D eigenvalue weighted by molar-refractivity contribution is -0.138. The van der Waals surface area contributed by atoms with Crippen LogP contribution in [0.4, 0.5) is 0 Å². The van der Waals surface area contributed by atoms with Gasteiger partial charge in [0, 0.05) is 34.2 Å². The number of carboxylic acid groups (broad SMARTS) is 1. The van der Waals surface area contributed by atoms with Gasteiger partial charge >= 0.3 is 5.97 Å². The number of aromatic amines is 1. The Morgan fingerprint density at radius 1 is 1.13 bits per heavy atom. The largest absolute Gasteiger partial charge is 0.480 e. The molecule has 4 rings (SSSR count). The summed E-state index contributed by atoms with van der Waals surface area (Å²) in [5, 5.41) is 12.7. The van der Waals surface area contributed by atoms with Gasteiger partial charge in [-0.25, -0.2) is 9.78 Å². The molecule has 4 aromatic rings. The Kier molecular flexibility index (Phi) is 6.20. The maximum Gasteiger partial charge on any atom is 0.327 e. The lowest BCUT2D eigenvalue weighted by Crippen LogP contribution is -2.42. The molecular formula is C22H17ClN4O3S. The fourth-order valence-corrected chi connectivity index (χ4v) is 4.20. The van der Waals surface area contributed by atoms with Gasteiger partial charge in [0.2, 0.25) is 0 Å². The van der Waals surface area contributed by atoms with Gasteiger partial charge in [0.1, 0.15) is 11.9 Å². The van der Waals surface area contributed by atoms with Crippen molar-refractivity contribution in [3.8, 4) is 11.4 Å². The number of fused-ring (bicyclic) bond motifs is 1. The van der Waals surface area contributed by atoms with Gasteiger partial charge in [0.15, 0.2) is 0 Å². The first-order valence-corrected chi connectivity index (χ1v) is 10.7. The number of hydrogen-bond acceptors (Lipinski definition) is 5. The van der Waals surface area contributed by atoms with Gasteiger partial charge in [0.05, 0.1) is 16.1 Å². The molecule has 1 unspecified atom stereocenters. The van der Waals surface area contributed by atoms with E-state index in [4.69, 9.17) is 11.6 Å². The lowest BCUT2D eigenvalue weighted by atomic mass is 10.2. The fourth-order valence-electron chi connectivity index (χ4n) is 2.95. The van der Waals surface area contributed by atoms with Crippen molar-refractivity contribution in [2.24, 2.45) is 0 Å². The number of halogens is 1. The van der Waals surface area contributed by atoms with Crippen molar-refractivity contribution in [2.45, 2.75) is 10.9 Å². The van der Waals surface area contributed by atoms with E-state index < -0.39 is 17.9 Å². The molecule has 0 bridgehead atoms. The summed E-state index contributed by atoms with van der Waals surface area (Å²) in [6.07, 6.45) is 3.35. The Hall–Kier alpha value is -3.36. The number of carboxylic acids is 1. The van der Waals surface area contributed by atoms with E-state index in [1.165, 1.54) is 11.8 Å². The molecule has 0 fully saturated rings. The van der Waals surface area contributed by atoms with Gasteiger partial charge in [0.25, 0.3) is 5.91 Å². The first-order chi connectivity index (χ1) is 15.0. The molecular weight excluding hydrogens is 436 g/mol. The van der Waals surface area contributed by atoms with Crippen molar-refractivity contribution in [3.63, 3.8) is 0 Å². The highest BCUT2D eigenvalue weighted by atomic mass is 35.5. The second-order valence-corrected chi connectivity index (χ2v) is 8.13. The predicted octanol–water partition coefficient (Wildman–Crippen LogP) is 4.25. The topological polar surface area (TPSA) is 108 Å². The van der Waals surface area contributed by atoms with Gasteiger partial charge in [-0.2, -0.15) is 0 Å². The number of carbonyl (C=O) groups excluding carboxylic acids is 1. The van der Waals surface area contributed by atoms with E-state index in [1.54, 1.807) is 48.8 Å². The van der Waals surface area contributed by atoms with E-state index in [2.05, 4.69) is 20.3 Å². The molecule has 7 nitrogen and oxygen atoms in total. The molecule has 0 aliphatic carbocycles. The summed E-state index contributed by atoms with van der Waals surface area (Å²) in [4.78, 5) is 36.8. The number of nitrogens with zero attached hydrogens (tertiary/aromatic N) is 2. The van der Waals surface area contributed by atoms with Crippen LogP contribution >= 0.6 is 23.4 Å². The lowest BCUT2D eigenvalue weighted by Gasteiger charge is -2.14. The number of aromatic nitrogens is 3. The first-order valence-electron chi connectivity index (χ1n) is 9.32. The van der Waals surface area contributed by atoms with Crippen molar-refractivity contribution in [1.29, 1.82) is 0 Å². The summed E-state index contributed by atoms with van der Waals surface area (Å²) < 4.78 is 0. The van der Waals surface area contributed by atoms with Crippen molar-refractivity contribution in [3.05, 3.63) is 77.6 Å². The summed E-state index contributed by atoms with van der Waals surface area (Å²) in [7, 11) is 0. The second-order valence-electron chi connectivity index (χ2n) is 6.66. The molecule has 156 valence electrons. The number of carbonyl (C=O) groups is 2. The van der Waals surface area contributed by atoms with Gasteiger partial charge < -0.3 is 15.4 Å². The molecule has 0 aliphatic heterocycles. The number of aliphatic carboxylic acids is 1. The van der Waals surface area contributed by atoms with Crippen molar-refractivity contribution in [1.82, 2.24) is 20.3 Å². The van der Waals surface area contributed by atoms with Crippen LogP contribution in [0.5, 0.6) is 0 Å². The number of rotatable bonds is 7. The van der Waals surface area contributed by atoms with Crippen LogP contribution in [0.3, 0.4) is 0 Å². The highest BCUT2D eigenvalue weighted by molar-refractivity contribution is 7.99. The molecule has 9 heteroatoms. The molecule has 1 amide bonds. The van der Waals surface area contributed by atoms with Crippen LogP contribution in [0.2, 0.25) is 5.02 Å². The highest BCUT2D eigenvalue weighted by Crippen LogP contribution is 2.27. The Labute approximate surface area is 186 Å². The van der Waals surface area contributed by atoms with Crippen molar-refractivity contribution < 1.29 is 14.7 Å². The number of imidazole rings is 1. The number of benzene rings is 2. The summed E-state index contributed by atoms with van der Waals surface area (Å²) in [5.74, 6) is -0.789. The zero-order valence-electron chi connectivity index (χ0n) is 16.1. The first kappa shape index (κ1) is 20.9. The Morgan fingerprint density at radius 2 is 1.90 bits per heavy atom. The number of nitrogens with one attached hydrogen (secondary N) is 2. The van der Waals surface area contributed by atoms with Crippen LogP contribution < -0.4 is 5.32 Å². The number of pyridine rings is 1. The molecule has 31 heavy (non-hydrogen) atoms. The third kappa shape index (κ3) is 4.87. The molecule has 1 atom stereocenters. The van der Waals surface area contributed by atoms with Crippen LogP contribution in [-0.2, 0) is 4.79 Å². The average Bonchev–Trinajstić information content (AvgIpc) is 3.21. The summed E-state index contributed by atoms with van der Waals surface area (Å²) in [6, 6.07) is 14.8. The minimum absolute atomic E-state index is 0.142. The van der Waals surface area contributed by atoms with Crippen LogP contribution in [0, 0.1) is 0 Å². The summed E-state index contributed by atoms with van der Waals surface area (Å²) in [5.41, 5.74) is 2.59. The minimum Gasteiger partial charge on any atom is -0.480 e. The summed E-state index contributed by atoms with van der Waals surface area (Å²) in [6.45, 7) is 0. The zero-order valence-corrected chi connectivity index (χ0v) is 17.7. The third-order valence-electron chi connectivity index (χ3n) is 4.54.